The SMILES string of the molecule is CNc1nn(CN2CCC(C(=O)Nc3ccccc3)CC2)c(=S)s1. The highest BCUT2D eigenvalue weighted by molar-refractivity contribution is 7.73. The molecular formula is C16H21N5OS2. The van der Waals surface area contributed by atoms with E-state index in [9.17, 15) is 4.79 Å². The van der Waals surface area contributed by atoms with Crippen LogP contribution < -0.4 is 10.6 Å². The summed E-state index contributed by atoms with van der Waals surface area (Å²) in [6, 6.07) is 9.62. The van der Waals surface area contributed by atoms with Gasteiger partial charge < -0.3 is 10.6 Å². The molecule has 0 spiro atoms. The van der Waals surface area contributed by atoms with Crippen molar-refractivity contribution in [2.75, 3.05) is 30.8 Å². The maximum absolute atomic E-state index is 12.4. The van der Waals surface area contributed by atoms with E-state index in [1.807, 2.05) is 42.1 Å². The molecule has 1 aliphatic heterocycles. The van der Waals surface area contributed by atoms with E-state index < -0.39 is 0 Å². The van der Waals surface area contributed by atoms with Gasteiger partial charge in [0.05, 0.1) is 6.67 Å². The lowest BCUT2D eigenvalue weighted by molar-refractivity contribution is -0.121. The number of carbonyl (C=O) groups is 1. The number of benzene rings is 1. The zero-order chi connectivity index (χ0) is 16.9. The molecule has 2 heterocycles. The third-order valence-electron chi connectivity index (χ3n) is 4.15. The van der Waals surface area contributed by atoms with Crippen LogP contribution in [0.25, 0.3) is 0 Å². The molecular weight excluding hydrogens is 342 g/mol. The third-order valence-corrected chi connectivity index (χ3v) is 5.48. The Morgan fingerprint density at radius 2 is 2.04 bits per heavy atom. The van der Waals surface area contributed by atoms with E-state index >= 15 is 0 Å². The van der Waals surface area contributed by atoms with Gasteiger partial charge in [0, 0.05) is 31.7 Å². The number of hydrogen-bond acceptors (Lipinski definition) is 6. The Balaban J connectivity index is 1.51. The van der Waals surface area contributed by atoms with Crippen molar-refractivity contribution in [1.29, 1.82) is 0 Å². The van der Waals surface area contributed by atoms with Crippen LogP contribution in [0.3, 0.4) is 0 Å². The molecule has 0 radical (unpaired) electrons. The van der Waals surface area contributed by atoms with E-state index in [4.69, 9.17) is 12.2 Å². The van der Waals surface area contributed by atoms with Gasteiger partial charge in [0.25, 0.3) is 0 Å². The topological polar surface area (TPSA) is 62.2 Å². The van der Waals surface area contributed by atoms with Crippen molar-refractivity contribution in [2.24, 2.45) is 5.92 Å². The zero-order valence-electron chi connectivity index (χ0n) is 13.6. The van der Waals surface area contributed by atoms with Gasteiger partial charge in [0.1, 0.15) is 0 Å². The van der Waals surface area contributed by atoms with Gasteiger partial charge in [-0.05, 0) is 37.2 Å². The number of nitrogens with one attached hydrogen (secondary N) is 2. The van der Waals surface area contributed by atoms with Crippen LogP contribution >= 0.6 is 23.6 Å². The summed E-state index contributed by atoms with van der Waals surface area (Å²) in [6.45, 7) is 2.44. The molecule has 1 saturated heterocycles. The van der Waals surface area contributed by atoms with Gasteiger partial charge in [-0.15, -0.1) is 5.10 Å². The second kappa shape index (κ2) is 7.87. The predicted molar refractivity (Wildman–Crippen MR) is 99.9 cm³/mol. The minimum atomic E-state index is 0.0673. The molecule has 0 saturated carbocycles. The van der Waals surface area contributed by atoms with Gasteiger partial charge in [0.15, 0.2) is 3.95 Å². The molecule has 3 rings (SSSR count). The Morgan fingerprint density at radius 3 is 2.67 bits per heavy atom. The van der Waals surface area contributed by atoms with Crippen LogP contribution in [0.15, 0.2) is 30.3 Å². The molecule has 128 valence electrons. The summed E-state index contributed by atoms with van der Waals surface area (Å²) in [5, 5.41) is 11.3. The molecule has 0 aliphatic carbocycles. The van der Waals surface area contributed by atoms with E-state index in [0.717, 1.165) is 40.7 Å². The molecule has 1 aromatic carbocycles. The smallest absolute Gasteiger partial charge is 0.227 e. The number of nitrogens with zero attached hydrogens (tertiary/aromatic N) is 3. The normalized spacial score (nSPS) is 16.0. The molecule has 8 heteroatoms. The Labute approximate surface area is 150 Å². The van der Waals surface area contributed by atoms with E-state index in [1.165, 1.54) is 11.3 Å². The summed E-state index contributed by atoms with van der Waals surface area (Å²) in [5.41, 5.74) is 0.860. The van der Waals surface area contributed by atoms with Gasteiger partial charge in [-0.2, -0.15) is 0 Å². The second-order valence-electron chi connectivity index (χ2n) is 5.81. The first-order chi connectivity index (χ1) is 11.7. The van der Waals surface area contributed by atoms with E-state index in [2.05, 4.69) is 20.6 Å². The van der Waals surface area contributed by atoms with Gasteiger partial charge >= 0.3 is 0 Å². The summed E-state index contributed by atoms with van der Waals surface area (Å²) < 4.78 is 2.61. The molecule has 1 aliphatic rings. The predicted octanol–water partition coefficient (Wildman–Crippen LogP) is 3.02. The molecule has 24 heavy (non-hydrogen) atoms. The lowest BCUT2D eigenvalue weighted by Crippen LogP contribution is -2.39. The molecule has 0 unspecified atom stereocenters. The van der Waals surface area contributed by atoms with Crippen molar-refractivity contribution in [2.45, 2.75) is 19.5 Å². The highest BCUT2D eigenvalue weighted by Gasteiger charge is 2.25. The summed E-state index contributed by atoms with van der Waals surface area (Å²) in [7, 11) is 1.84. The summed E-state index contributed by atoms with van der Waals surface area (Å²) in [5.74, 6) is 0.182. The highest BCUT2D eigenvalue weighted by Crippen LogP contribution is 2.21. The van der Waals surface area contributed by atoms with Crippen LogP contribution in [0.5, 0.6) is 0 Å². The standard InChI is InChI=1S/C16H21N5OS2/c1-17-15-19-21(16(23)24-15)11-20-9-7-12(8-10-20)14(22)18-13-5-3-2-4-6-13/h2-6,12H,7-11H2,1H3,(H,17,19)(H,18,22). The molecule has 2 aromatic rings. The lowest BCUT2D eigenvalue weighted by atomic mass is 9.96. The average molecular weight is 364 g/mol. The number of amides is 1. The number of piperidine rings is 1. The minimum Gasteiger partial charge on any atom is -0.363 e. The number of para-hydroxylation sites is 1. The Bertz CT molecular complexity index is 734. The van der Waals surface area contributed by atoms with Crippen molar-refractivity contribution >= 4 is 40.3 Å². The van der Waals surface area contributed by atoms with Crippen molar-refractivity contribution in [3.8, 4) is 0 Å². The second-order valence-corrected chi connectivity index (χ2v) is 7.43. The van der Waals surface area contributed by atoms with Crippen LogP contribution in [-0.2, 0) is 11.5 Å². The fourth-order valence-electron chi connectivity index (χ4n) is 2.79. The minimum absolute atomic E-state index is 0.0673. The van der Waals surface area contributed by atoms with Crippen molar-refractivity contribution in [3.05, 3.63) is 34.3 Å². The van der Waals surface area contributed by atoms with Crippen molar-refractivity contribution in [3.63, 3.8) is 0 Å². The number of anilines is 2. The number of aromatic nitrogens is 2. The molecule has 6 nitrogen and oxygen atoms in total. The van der Waals surface area contributed by atoms with Crippen LogP contribution in [0.4, 0.5) is 10.8 Å². The fourth-order valence-corrected chi connectivity index (χ4v) is 3.73. The lowest BCUT2D eigenvalue weighted by Gasteiger charge is -2.30. The highest BCUT2D eigenvalue weighted by atomic mass is 32.1. The molecule has 2 N–H and O–H groups in total. The van der Waals surface area contributed by atoms with Gasteiger partial charge in [-0.25, -0.2) is 4.68 Å². The van der Waals surface area contributed by atoms with Gasteiger partial charge in [-0.1, -0.05) is 29.5 Å². The van der Waals surface area contributed by atoms with Crippen molar-refractivity contribution < 1.29 is 4.79 Å². The van der Waals surface area contributed by atoms with Crippen LogP contribution in [-0.4, -0.2) is 40.7 Å². The number of rotatable bonds is 5. The first-order valence-electron chi connectivity index (χ1n) is 7.99. The number of carbonyl (C=O) groups excluding carboxylic acids is 1. The Hall–Kier alpha value is -1.77. The fraction of sp³-hybridized carbons (Fsp3) is 0.438. The Morgan fingerprint density at radius 1 is 1.33 bits per heavy atom. The molecule has 1 amide bonds. The van der Waals surface area contributed by atoms with Crippen LogP contribution in [0.1, 0.15) is 12.8 Å². The third kappa shape index (κ3) is 4.19. The monoisotopic (exact) mass is 363 g/mol. The molecule has 1 fully saturated rings. The summed E-state index contributed by atoms with van der Waals surface area (Å²) in [4.78, 5) is 14.7. The number of hydrogen-bond donors (Lipinski definition) is 2. The maximum Gasteiger partial charge on any atom is 0.227 e. The first kappa shape index (κ1) is 17.1. The first-order valence-corrected chi connectivity index (χ1v) is 9.22. The van der Waals surface area contributed by atoms with Crippen LogP contribution in [0, 0.1) is 9.87 Å². The molecule has 0 bridgehead atoms. The summed E-state index contributed by atoms with van der Waals surface area (Å²) >= 11 is 6.81. The van der Waals surface area contributed by atoms with E-state index in [-0.39, 0.29) is 11.8 Å². The average Bonchev–Trinajstić information content (AvgIpc) is 2.96. The Kier molecular flexibility index (Phi) is 5.60. The largest absolute Gasteiger partial charge is 0.363 e. The summed E-state index contributed by atoms with van der Waals surface area (Å²) in [6.07, 6.45) is 1.71. The zero-order valence-corrected chi connectivity index (χ0v) is 15.2. The maximum atomic E-state index is 12.4. The van der Waals surface area contributed by atoms with Crippen molar-refractivity contribution in [1.82, 2.24) is 14.7 Å². The number of likely N-dealkylation sites (tertiary alicyclic amines) is 1. The molecule has 0 atom stereocenters. The molecule has 1 aromatic heterocycles. The van der Waals surface area contributed by atoms with Gasteiger partial charge in [0.2, 0.25) is 11.0 Å². The van der Waals surface area contributed by atoms with E-state index in [0.29, 0.717) is 6.67 Å². The van der Waals surface area contributed by atoms with Gasteiger partial charge in [-0.3, -0.25) is 9.69 Å². The van der Waals surface area contributed by atoms with E-state index in [1.54, 1.807) is 0 Å². The quantitative estimate of drug-likeness (QED) is 0.800. The van der Waals surface area contributed by atoms with Crippen LogP contribution in [0.2, 0.25) is 0 Å².